The van der Waals surface area contributed by atoms with Crippen molar-refractivity contribution in [2.45, 2.75) is 18.9 Å². The predicted molar refractivity (Wildman–Crippen MR) is 46.4 cm³/mol. The van der Waals surface area contributed by atoms with Gasteiger partial charge in [0.25, 0.3) is 0 Å². The molecule has 3 heteroatoms. The first kappa shape index (κ1) is 8.68. The Balaban J connectivity index is 2.93. The van der Waals surface area contributed by atoms with Crippen LogP contribution in [0, 0.1) is 0 Å². The highest BCUT2D eigenvalue weighted by Crippen LogP contribution is 2.24. The summed E-state index contributed by atoms with van der Waals surface area (Å²) >= 11 is 3.07. The summed E-state index contributed by atoms with van der Waals surface area (Å²) in [6, 6.07) is 0. The number of ketones is 1. The fourth-order valence-corrected chi connectivity index (χ4v) is 1.39. The number of allylic oxidation sites excluding steroid dienone is 2. The highest BCUT2D eigenvalue weighted by atomic mass is 79.9. The highest BCUT2D eigenvalue weighted by molar-refractivity contribution is 9.12. The van der Waals surface area contributed by atoms with E-state index >= 15 is 0 Å². The first-order chi connectivity index (χ1) is 5.07. The maximum atomic E-state index is 10.9. The van der Waals surface area contributed by atoms with Crippen LogP contribution in [-0.4, -0.2) is 16.5 Å². The smallest absolute Gasteiger partial charge is 0.192 e. The first-order valence-electron chi connectivity index (χ1n) is 3.42. The summed E-state index contributed by atoms with van der Waals surface area (Å²) in [7, 11) is 0. The van der Waals surface area contributed by atoms with Gasteiger partial charge >= 0.3 is 0 Å². The van der Waals surface area contributed by atoms with Gasteiger partial charge in [0.2, 0.25) is 0 Å². The quantitative estimate of drug-likeness (QED) is 0.723. The lowest BCUT2D eigenvalue weighted by atomic mass is 9.95. The number of carbonyl (C=O) groups is 1. The van der Waals surface area contributed by atoms with E-state index in [9.17, 15) is 9.90 Å². The molecule has 0 aromatic heterocycles. The van der Waals surface area contributed by atoms with Crippen LogP contribution in [-0.2, 0) is 4.79 Å². The molecular weight excluding hydrogens is 208 g/mol. The van der Waals surface area contributed by atoms with Crippen molar-refractivity contribution in [3.63, 3.8) is 0 Å². The van der Waals surface area contributed by atoms with E-state index in [0.29, 0.717) is 10.9 Å². The third kappa shape index (κ3) is 1.79. The molecule has 0 saturated heterocycles. The van der Waals surface area contributed by atoms with E-state index in [1.165, 1.54) is 18.2 Å². The summed E-state index contributed by atoms with van der Waals surface area (Å²) in [5.41, 5.74) is -0.938. The Labute approximate surface area is 73.7 Å². The molecule has 0 aliphatic heterocycles. The van der Waals surface area contributed by atoms with Crippen LogP contribution >= 0.6 is 15.9 Å². The molecule has 0 unspecified atom stereocenters. The number of halogens is 1. The van der Waals surface area contributed by atoms with Gasteiger partial charge in [-0.3, -0.25) is 4.79 Å². The van der Waals surface area contributed by atoms with Gasteiger partial charge in [-0.15, -0.1) is 0 Å². The van der Waals surface area contributed by atoms with Crippen LogP contribution in [0.2, 0.25) is 0 Å². The minimum absolute atomic E-state index is 0.0943. The van der Waals surface area contributed by atoms with E-state index < -0.39 is 5.60 Å². The maximum Gasteiger partial charge on any atom is 0.192 e. The van der Waals surface area contributed by atoms with Crippen molar-refractivity contribution < 1.29 is 9.90 Å². The largest absolute Gasteiger partial charge is 0.382 e. The Hall–Kier alpha value is -0.410. The van der Waals surface area contributed by atoms with Crippen molar-refractivity contribution in [2.24, 2.45) is 0 Å². The standard InChI is InChI=1S/C8H9BrO2/c1-2-8(11)4-3-7(10)6(9)5-8/h3-5,11H,2H2,1H3/t8-/m1/s1. The van der Waals surface area contributed by atoms with Gasteiger partial charge in [0.1, 0.15) is 5.60 Å². The molecule has 0 radical (unpaired) electrons. The van der Waals surface area contributed by atoms with Crippen LogP contribution in [0.15, 0.2) is 22.7 Å². The highest BCUT2D eigenvalue weighted by Gasteiger charge is 2.23. The van der Waals surface area contributed by atoms with Gasteiger partial charge < -0.3 is 5.11 Å². The second-order valence-electron chi connectivity index (χ2n) is 2.53. The molecule has 0 bridgehead atoms. The van der Waals surface area contributed by atoms with Crippen LogP contribution in [0.5, 0.6) is 0 Å². The average molecular weight is 217 g/mol. The molecule has 1 atom stereocenters. The van der Waals surface area contributed by atoms with Gasteiger partial charge in [0, 0.05) is 0 Å². The van der Waals surface area contributed by atoms with Gasteiger partial charge in [0.05, 0.1) is 4.48 Å². The molecule has 0 heterocycles. The van der Waals surface area contributed by atoms with Gasteiger partial charge in [-0.25, -0.2) is 0 Å². The van der Waals surface area contributed by atoms with Crippen molar-refractivity contribution in [1.82, 2.24) is 0 Å². The Bertz CT molecular complexity index is 242. The molecule has 0 fully saturated rings. The lowest BCUT2D eigenvalue weighted by Crippen LogP contribution is -2.25. The zero-order valence-electron chi connectivity index (χ0n) is 6.17. The summed E-state index contributed by atoms with van der Waals surface area (Å²) in [5, 5.41) is 9.62. The molecule has 0 spiro atoms. The Morgan fingerprint density at radius 3 is 2.82 bits per heavy atom. The minimum Gasteiger partial charge on any atom is -0.382 e. The molecule has 2 nitrogen and oxygen atoms in total. The van der Waals surface area contributed by atoms with Crippen molar-refractivity contribution in [3.8, 4) is 0 Å². The van der Waals surface area contributed by atoms with Crippen molar-refractivity contribution in [3.05, 3.63) is 22.7 Å². The number of hydrogen-bond donors (Lipinski definition) is 1. The van der Waals surface area contributed by atoms with Crippen LogP contribution in [0.1, 0.15) is 13.3 Å². The van der Waals surface area contributed by atoms with E-state index in [4.69, 9.17) is 0 Å². The predicted octanol–water partition coefficient (Wildman–Crippen LogP) is 1.55. The number of rotatable bonds is 1. The lowest BCUT2D eigenvalue weighted by molar-refractivity contribution is -0.111. The summed E-state index contributed by atoms with van der Waals surface area (Å²) in [4.78, 5) is 10.9. The fourth-order valence-electron chi connectivity index (χ4n) is 0.858. The summed E-state index contributed by atoms with van der Waals surface area (Å²) in [6.45, 7) is 1.86. The zero-order chi connectivity index (χ0) is 8.48. The summed E-state index contributed by atoms with van der Waals surface area (Å²) < 4.78 is 0.435. The molecule has 0 aromatic rings. The van der Waals surface area contributed by atoms with Crippen molar-refractivity contribution in [1.29, 1.82) is 0 Å². The van der Waals surface area contributed by atoms with Gasteiger partial charge in [-0.2, -0.15) is 0 Å². The van der Waals surface area contributed by atoms with E-state index in [1.54, 1.807) is 0 Å². The molecule has 0 amide bonds. The van der Waals surface area contributed by atoms with Gasteiger partial charge in [0.15, 0.2) is 5.78 Å². The molecule has 1 rings (SSSR count). The van der Waals surface area contributed by atoms with Crippen LogP contribution in [0.25, 0.3) is 0 Å². The third-order valence-corrected chi connectivity index (χ3v) is 2.32. The molecule has 1 N–H and O–H groups in total. The third-order valence-electron chi connectivity index (χ3n) is 1.70. The fraction of sp³-hybridized carbons (Fsp3) is 0.375. The topological polar surface area (TPSA) is 37.3 Å². The Morgan fingerprint density at radius 2 is 2.36 bits per heavy atom. The van der Waals surface area contributed by atoms with Crippen LogP contribution in [0.4, 0.5) is 0 Å². The Morgan fingerprint density at radius 1 is 1.73 bits per heavy atom. The normalized spacial score (nSPS) is 30.5. The average Bonchev–Trinajstić information content (AvgIpc) is 1.98. The van der Waals surface area contributed by atoms with Gasteiger partial charge in [-0.05, 0) is 40.6 Å². The molecule has 0 saturated carbocycles. The molecule has 11 heavy (non-hydrogen) atoms. The number of hydrogen-bond acceptors (Lipinski definition) is 2. The SMILES string of the molecule is CC[C@@]1(O)C=CC(=O)C(Br)=C1. The minimum atomic E-state index is -0.938. The maximum absolute atomic E-state index is 10.9. The zero-order valence-corrected chi connectivity index (χ0v) is 7.76. The molecule has 1 aliphatic carbocycles. The summed E-state index contributed by atoms with van der Waals surface area (Å²) in [5.74, 6) is -0.0943. The van der Waals surface area contributed by atoms with Crippen molar-refractivity contribution in [2.75, 3.05) is 0 Å². The van der Waals surface area contributed by atoms with E-state index in [1.807, 2.05) is 6.92 Å². The van der Waals surface area contributed by atoms with Crippen LogP contribution < -0.4 is 0 Å². The second-order valence-corrected chi connectivity index (χ2v) is 3.39. The number of carbonyl (C=O) groups excluding carboxylic acids is 1. The van der Waals surface area contributed by atoms with E-state index in [0.717, 1.165) is 0 Å². The monoisotopic (exact) mass is 216 g/mol. The van der Waals surface area contributed by atoms with E-state index in [2.05, 4.69) is 15.9 Å². The second kappa shape index (κ2) is 2.91. The number of aliphatic hydroxyl groups is 1. The molecular formula is C8H9BrO2. The lowest BCUT2D eigenvalue weighted by Gasteiger charge is -2.21. The summed E-state index contributed by atoms with van der Waals surface area (Å²) in [6.07, 6.45) is 4.99. The Kier molecular flexibility index (Phi) is 2.30. The molecule has 60 valence electrons. The van der Waals surface area contributed by atoms with Crippen LogP contribution in [0.3, 0.4) is 0 Å². The van der Waals surface area contributed by atoms with Crippen molar-refractivity contribution >= 4 is 21.7 Å². The first-order valence-corrected chi connectivity index (χ1v) is 4.21. The molecule has 0 aromatic carbocycles. The van der Waals surface area contributed by atoms with Gasteiger partial charge in [-0.1, -0.05) is 6.92 Å². The van der Waals surface area contributed by atoms with E-state index in [-0.39, 0.29) is 5.78 Å². The molecule has 1 aliphatic rings.